The standard InChI is InChI=1S/C19H19N3O2S/c1-13(2)14-8-10-15(11-9-14)18-21-22-19(25-18)20-17(23)12-24-16-6-4-3-5-7-16/h3-11,13H,12H2,1-2H3,(H,20,22,23). The van der Waals surface area contributed by atoms with Crippen molar-refractivity contribution in [3.05, 3.63) is 60.2 Å². The lowest BCUT2D eigenvalue weighted by Gasteiger charge is -2.05. The number of amides is 1. The van der Waals surface area contributed by atoms with Crippen molar-refractivity contribution in [2.24, 2.45) is 0 Å². The number of nitrogens with one attached hydrogen (secondary N) is 1. The maximum Gasteiger partial charge on any atom is 0.264 e. The molecule has 0 unspecified atom stereocenters. The van der Waals surface area contributed by atoms with Crippen LogP contribution in [0.5, 0.6) is 5.75 Å². The van der Waals surface area contributed by atoms with Crippen molar-refractivity contribution in [3.8, 4) is 16.3 Å². The van der Waals surface area contributed by atoms with Gasteiger partial charge in [-0.15, -0.1) is 10.2 Å². The number of hydrogen-bond acceptors (Lipinski definition) is 5. The van der Waals surface area contributed by atoms with Gasteiger partial charge in [0.15, 0.2) is 6.61 Å². The second kappa shape index (κ2) is 7.90. The minimum atomic E-state index is -0.262. The van der Waals surface area contributed by atoms with Crippen LogP contribution in [-0.2, 0) is 4.79 Å². The normalized spacial score (nSPS) is 10.7. The molecule has 1 aromatic heterocycles. The maximum atomic E-state index is 12.0. The van der Waals surface area contributed by atoms with Gasteiger partial charge in [0.25, 0.3) is 5.91 Å². The molecule has 0 spiro atoms. The van der Waals surface area contributed by atoms with E-state index in [1.807, 2.05) is 30.3 Å². The van der Waals surface area contributed by atoms with Gasteiger partial charge in [-0.1, -0.05) is 67.6 Å². The third-order valence-corrected chi connectivity index (χ3v) is 4.50. The quantitative estimate of drug-likeness (QED) is 0.716. The Kier molecular flexibility index (Phi) is 5.40. The van der Waals surface area contributed by atoms with E-state index in [0.717, 1.165) is 10.6 Å². The van der Waals surface area contributed by atoms with Crippen molar-refractivity contribution in [3.63, 3.8) is 0 Å². The predicted octanol–water partition coefficient (Wildman–Crippen LogP) is 4.35. The van der Waals surface area contributed by atoms with E-state index < -0.39 is 0 Å². The molecular formula is C19H19N3O2S. The fourth-order valence-corrected chi connectivity index (χ4v) is 2.99. The minimum Gasteiger partial charge on any atom is -0.484 e. The molecule has 0 aliphatic heterocycles. The highest BCUT2D eigenvalue weighted by atomic mass is 32.1. The van der Waals surface area contributed by atoms with Gasteiger partial charge in [-0.25, -0.2) is 0 Å². The largest absolute Gasteiger partial charge is 0.484 e. The number of hydrogen-bond donors (Lipinski definition) is 1. The van der Waals surface area contributed by atoms with Crippen molar-refractivity contribution in [2.45, 2.75) is 19.8 Å². The first-order chi connectivity index (χ1) is 12.1. The number of nitrogens with zero attached hydrogens (tertiary/aromatic N) is 2. The van der Waals surface area contributed by atoms with E-state index in [0.29, 0.717) is 16.8 Å². The Hall–Kier alpha value is -2.73. The summed E-state index contributed by atoms with van der Waals surface area (Å²) >= 11 is 1.34. The number of benzene rings is 2. The van der Waals surface area contributed by atoms with Crippen LogP contribution in [-0.4, -0.2) is 22.7 Å². The molecule has 0 radical (unpaired) electrons. The number of para-hydroxylation sites is 1. The number of carbonyl (C=O) groups excluding carboxylic acids is 1. The van der Waals surface area contributed by atoms with Crippen LogP contribution in [0.4, 0.5) is 5.13 Å². The zero-order chi connectivity index (χ0) is 17.6. The van der Waals surface area contributed by atoms with Crippen molar-refractivity contribution < 1.29 is 9.53 Å². The van der Waals surface area contributed by atoms with Gasteiger partial charge in [-0.3, -0.25) is 10.1 Å². The first-order valence-electron chi connectivity index (χ1n) is 8.03. The molecule has 25 heavy (non-hydrogen) atoms. The Bertz CT molecular complexity index is 829. The Morgan fingerprint density at radius 1 is 1.08 bits per heavy atom. The number of anilines is 1. The summed E-state index contributed by atoms with van der Waals surface area (Å²) in [5.41, 5.74) is 2.27. The van der Waals surface area contributed by atoms with Gasteiger partial charge in [0.2, 0.25) is 5.13 Å². The molecular weight excluding hydrogens is 334 g/mol. The van der Waals surface area contributed by atoms with Crippen LogP contribution in [0.2, 0.25) is 0 Å². The number of aromatic nitrogens is 2. The Morgan fingerprint density at radius 2 is 1.80 bits per heavy atom. The average Bonchev–Trinajstić information content (AvgIpc) is 3.09. The molecule has 3 rings (SSSR count). The van der Waals surface area contributed by atoms with Gasteiger partial charge >= 0.3 is 0 Å². The van der Waals surface area contributed by atoms with Gasteiger partial charge < -0.3 is 4.74 Å². The highest BCUT2D eigenvalue weighted by Crippen LogP contribution is 2.27. The summed E-state index contributed by atoms with van der Waals surface area (Å²) in [6, 6.07) is 17.4. The van der Waals surface area contributed by atoms with E-state index in [9.17, 15) is 4.79 Å². The maximum absolute atomic E-state index is 12.0. The lowest BCUT2D eigenvalue weighted by Crippen LogP contribution is -2.20. The summed E-state index contributed by atoms with van der Waals surface area (Å²) in [6.07, 6.45) is 0. The molecule has 0 atom stereocenters. The second-order valence-corrected chi connectivity index (χ2v) is 6.82. The van der Waals surface area contributed by atoms with E-state index in [-0.39, 0.29) is 12.5 Å². The van der Waals surface area contributed by atoms with E-state index >= 15 is 0 Å². The van der Waals surface area contributed by atoms with Crippen LogP contribution in [0.3, 0.4) is 0 Å². The fraction of sp³-hybridized carbons (Fsp3) is 0.211. The fourth-order valence-electron chi connectivity index (χ4n) is 2.22. The summed E-state index contributed by atoms with van der Waals surface area (Å²) in [5, 5.41) is 12.1. The molecule has 6 heteroatoms. The minimum absolute atomic E-state index is 0.0674. The number of carbonyl (C=O) groups is 1. The summed E-state index contributed by atoms with van der Waals surface area (Å²) in [4.78, 5) is 12.0. The third-order valence-electron chi connectivity index (χ3n) is 3.61. The van der Waals surface area contributed by atoms with Gasteiger partial charge in [0, 0.05) is 5.56 Å². The highest BCUT2D eigenvalue weighted by molar-refractivity contribution is 7.18. The molecule has 0 fully saturated rings. The zero-order valence-corrected chi connectivity index (χ0v) is 14.9. The van der Waals surface area contributed by atoms with E-state index in [2.05, 4.69) is 41.5 Å². The molecule has 0 saturated carbocycles. The van der Waals surface area contributed by atoms with Crippen LogP contribution >= 0.6 is 11.3 Å². The van der Waals surface area contributed by atoms with Crippen LogP contribution in [0, 0.1) is 0 Å². The van der Waals surface area contributed by atoms with Crippen molar-refractivity contribution in [2.75, 3.05) is 11.9 Å². The lowest BCUT2D eigenvalue weighted by atomic mass is 10.0. The van der Waals surface area contributed by atoms with E-state index in [1.165, 1.54) is 16.9 Å². The van der Waals surface area contributed by atoms with Crippen molar-refractivity contribution in [1.29, 1.82) is 0 Å². The second-order valence-electron chi connectivity index (χ2n) is 5.84. The average molecular weight is 353 g/mol. The van der Waals surface area contributed by atoms with E-state index in [1.54, 1.807) is 12.1 Å². The molecule has 1 amide bonds. The first kappa shape index (κ1) is 17.1. The third kappa shape index (κ3) is 4.64. The van der Waals surface area contributed by atoms with Gasteiger partial charge in [0.05, 0.1) is 0 Å². The number of rotatable bonds is 6. The summed E-state index contributed by atoms with van der Waals surface area (Å²) < 4.78 is 5.41. The first-order valence-corrected chi connectivity index (χ1v) is 8.85. The zero-order valence-electron chi connectivity index (χ0n) is 14.1. The molecule has 0 aliphatic rings. The Morgan fingerprint density at radius 3 is 2.48 bits per heavy atom. The van der Waals surface area contributed by atoms with Gasteiger partial charge in [0.1, 0.15) is 10.8 Å². The van der Waals surface area contributed by atoms with Crippen LogP contribution in [0.25, 0.3) is 10.6 Å². The smallest absolute Gasteiger partial charge is 0.264 e. The molecule has 1 heterocycles. The molecule has 0 saturated heterocycles. The molecule has 128 valence electrons. The van der Waals surface area contributed by atoms with Crippen molar-refractivity contribution in [1.82, 2.24) is 10.2 Å². The topological polar surface area (TPSA) is 64.1 Å². The number of ether oxygens (including phenoxy) is 1. The highest BCUT2D eigenvalue weighted by Gasteiger charge is 2.10. The summed E-state index contributed by atoms with van der Waals surface area (Å²) in [7, 11) is 0. The SMILES string of the molecule is CC(C)c1ccc(-c2nnc(NC(=O)COc3ccccc3)s2)cc1. The van der Waals surface area contributed by atoms with Crippen molar-refractivity contribution >= 4 is 22.4 Å². The van der Waals surface area contributed by atoms with Crippen LogP contribution in [0.15, 0.2) is 54.6 Å². The van der Waals surface area contributed by atoms with Crippen LogP contribution < -0.4 is 10.1 Å². The molecule has 0 bridgehead atoms. The predicted molar refractivity (Wildman–Crippen MR) is 100 cm³/mol. The lowest BCUT2D eigenvalue weighted by molar-refractivity contribution is -0.118. The van der Waals surface area contributed by atoms with Gasteiger partial charge in [-0.2, -0.15) is 0 Å². The molecule has 5 nitrogen and oxygen atoms in total. The molecule has 1 N–H and O–H groups in total. The Balaban J connectivity index is 1.58. The Labute approximate surface area is 150 Å². The summed E-state index contributed by atoms with van der Waals surface area (Å²) in [5.74, 6) is 0.880. The van der Waals surface area contributed by atoms with Gasteiger partial charge in [-0.05, 0) is 23.6 Å². The molecule has 3 aromatic rings. The van der Waals surface area contributed by atoms with E-state index in [4.69, 9.17) is 4.74 Å². The monoisotopic (exact) mass is 353 g/mol. The van der Waals surface area contributed by atoms with Crippen LogP contribution in [0.1, 0.15) is 25.3 Å². The molecule has 0 aliphatic carbocycles. The summed E-state index contributed by atoms with van der Waals surface area (Å²) in [6.45, 7) is 4.25. The molecule has 2 aromatic carbocycles.